The fraction of sp³-hybridized carbons (Fsp3) is 0.312. The number of ether oxygens (including phenoxy) is 1. The van der Waals surface area contributed by atoms with E-state index in [1.807, 2.05) is 13.8 Å². The second-order valence-corrected chi connectivity index (χ2v) is 6.45. The molecular formula is C16H17Cl2N3O3. The van der Waals surface area contributed by atoms with Crippen molar-refractivity contribution in [2.75, 3.05) is 0 Å². The zero-order chi connectivity index (χ0) is 18.0. The predicted octanol–water partition coefficient (Wildman–Crippen LogP) is 3.26. The molecular weight excluding hydrogens is 353 g/mol. The van der Waals surface area contributed by atoms with Gasteiger partial charge in [0.15, 0.2) is 0 Å². The quantitative estimate of drug-likeness (QED) is 0.895. The van der Waals surface area contributed by atoms with Crippen LogP contribution in [-0.2, 0) is 13.5 Å². The second-order valence-electron chi connectivity index (χ2n) is 5.64. The molecule has 6 nitrogen and oxygen atoms in total. The van der Waals surface area contributed by atoms with Crippen LogP contribution in [0.5, 0.6) is 5.75 Å². The molecule has 0 fully saturated rings. The highest BCUT2D eigenvalue weighted by atomic mass is 35.5. The van der Waals surface area contributed by atoms with Crippen LogP contribution in [-0.4, -0.2) is 15.9 Å². The van der Waals surface area contributed by atoms with Crippen LogP contribution in [0.1, 0.15) is 36.6 Å². The van der Waals surface area contributed by atoms with E-state index in [4.69, 9.17) is 33.7 Å². The maximum atomic E-state index is 12.1. The van der Waals surface area contributed by atoms with E-state index in [-0.39, 0.29) is 17.2 Å². The number of carbonyl (C=O) groups is 1. The van der Waals surface area contributed by atoms with E-state index >= 15 is 0 Å². The van der Waals surface area contributed by atoms with Gasteiger partial charge < -0.3 is 10.5 Å². The number of benzene rings is 1. The van der Waals surface area contributed by atoms with Crippen LogP contribution < -0.4 is 16.0 Å². The van der Waals surface area contributed by atoms with Gasteiger partial charge in [-0.05, 0) is 29.7 Å². The molecule has 1 aromatic carbocycles. The summed E-state index contributed by atoms with van der Waals surface area (Å²) in [4.78, 5) is 22.9. The highest BCUT2D eigenvalue weighted by Gasteiger charge is 2.15. The van der Waals surface area contributed by atoms with Crippen molar-refractivity contribution < 1.29 is 9.53 Å². The number of halogens is 2. The normalized spacial score (nSPS) is 10.9. The Morgan fingerprint density at radius 3 is 2.38 bits per heavy atom. The zero-order valence-electron chi connectivity index (χ0n) is 13.5. The molecule has 0 aliphatic heterocycles. The van der Waals surface area contributed by atoms with E-state index in [1.54, 1.807) is 13.1 Å². The summed E-state index contributed by atoms with van der Waals surface area (Å²) in [5.74, 6) is 0.236. The topological polar surface area (TPSA) is 87.2 Å². The summed E-state index contributed by atoms with van der Waals surface area (Å²) < 4.78 is 6.08. The third-order valence-electron chi connectivity index (χ3n) is 3.45. The van der Waals surface area contributed by atoms with E-state index in [1.165, 1.54) is 16.8 Å². The number of hydrogen-bond acceptors (Lipinski definition) is 4. The van der Waals surface area contributed by atoms with E-state index in [2.05, 4.69) is 5.10 Å². The maximum absolute atomic E-state index is 12.1. The van der Waals surface area contributed by atoms with Gasteiger partial charge >= 0.3 is 6.09 Å². The molecule has 2 rings (SSSR count). The first-order chi connectivity index (χ1) is 11.2. The summed E-state index contributed by atoms with van der Waals surface area (Å²) in [5.41, 5.74) is 6.80. The highest BCUT2D eigenvalue weighted by Crippen LogP contribution is 2.32. The van der Waals surface area contributed by atoms with Gasteiger partial charge in [0.2, 0.25) is 0 Å². The van der Waals surface area contributed by atoms with Gasteiger partial charge in [-0.3, -0.25) is 4.79 Å². The average Bonchev–Trinajstić information content (AvgIpc) is 2.45. The lowest BCUT2D eigenvalue weighted by Gasteiger charge is -2.12. The monoisotopic (exact) mass is 369 g/mol. The fourth-order valence-corrected chi connectivity index (χ4v) is 2.90. The second kappa shape index (κ2) is 7.23. The van der Waals surface area contributed by atoms with Gasteiger partial charge in [-0.1, -0.05) is 37.0 Å². The molecule has 8 heteroatoms. The van der Waals surface area contributed by atoms with Gasteiger partial charge in [0.25, 0.3) is 5.56 Å². The summed E-state index contributed by atoms with van der Waals surface area (Å²) in [6.07, 6.45) is -0.612. The van der Waals surface area contributed by atoms with Crippen molar-refractivity contribution in [3.63, 3.8) is 0 Å². The molecule has 1 heterocycles. The Morgan fingerprint density at radius 1 is 1.29 bits per heavy atom. The number of primary amides is 1. The van der Waals surface area contributed by atoms with Crippen molar-refractivity contribution in [1.29, 1.82) is 0 Å². The van der Waals surface area contributed by atoms with Crippen molar-refractivity contribution in [2.24, 2.45) is 12.8 Å². The first-order valence-corrected chi connectivity index (χ1v) is 7.97. The highest BCUT2D eigenvalue weighted by molar-refractivity contribution is 6.36. The third kappa shape index (κ3) is 4.07. The third-order valence-corrected chi connectivity index (χ3v) is 4.13. The molecule has 0 aliphatic carbocycles. The smallest absolute Gasteiger partial charge is 0.409 e. The maximum Gasteiger partial charge on any atom is 0.409 e. The predicted molar refractivity (Wildman–Crippen MR) is 93.0 cm³/mol. The summed E-state index contributed by atoms with van der Waals surface area (Å²) in [6, 6.07) is 4.67. The average molecular weight is 370 g/mol. The van der Waals surface area contributed by atoms with Crippen LogP contribution in [0.4, 0.5) is 4.79 Å². The van der Waals surface area contributed by atoms with E-state index in [9.17, 15) is 9.59 Å². The molecule has 0 bridgehead atoms. The van der Waals surface area contributed by atoms with Gasteiger partial charge in [0.1, 0.15) is 5.75 Å². The van der Waals surface area contributed by atoms with Gasteiger partial charge in [-0.25, -0.2) is 9.48 Å². The van der Waals surface area contributed by atoms with Crippen molar-refractivity contribution in [3.8, 4) is 5.75 Å². The molecule has 0 saturated heterocycles. The van der Waals surface area contributed by atoms with Gasteiger partial charge in [-0.15, -0.1) is 0 Å². The van der Waals surface area contributed by atoms with Crippen molar-refractivity contribution in [2.45, 2.75) is 26.2 Å². The Kier molecular flexibility index (Phi) is 5.51. The largest absolute Gasteiger partial charge is 0.410 e. The molecule has 24 heavy (non-hydrogen) atoms. The van der Waals surface area contributed by atoms with Crippen LogP contribution >= 0.6 is 23.2 Å². The zero-order valence-corrected chi connectivity index (χ0v) is 15.0. The molecule has 128 valence electrons. The summed E-state index contributed by atoms with van der Waals surface area (Å²) >= 11 is 12.5. The molecule has 2 N–H and O–H groups in total. The Labute approximate surface area is 149 Å². The van der Waals surface area contributed by atoms with Crippen molar-refractivity contribution in [3.05, 3.63) is 55.4 Å². The van der Waals surface area contributed by atoms with Gasteiger partial charge in [-0.2, -0.15) is 5.10 Å². The lowest BCUT2D eigenvalue weighted by Crippen LogP contribution is -2.25. The Hall–Kier alpha value is -2.05. The number of aromatic nitrogens is 2. The summed E-state index contributed by atoms with van der Waals surface area (Å²) in [5, 5.41) is 4.89. The van der Waals surface area contributed by atoms with E-state index < -0.39 is 6.09 Å². The molecule has 1 aromatic heterocycles. The SMILES string of the molecule is CC(C)c1cc(Cc2c(Cl)cc(OC(N)=O)cc2Cl)nn(C)c1=O. The minimum atomic E-state index is -0.948. The van der Waals surface area contributed by atoms with E-state index in [0.29, 0.717) is 33.3 Å². The molecule has 1 amide bonds. The van der Waals surface area contributed by atoms with Gasteiger partial charge in [0, 0.05) is 29.1 Å². The summed E-state index contributed by atoms with van der Waals surface area (Å²) in [6.45, 7) is 3.88. The Morgan fingerprint density at radius 2 is 1.88 bits per heavy atom. The molecule has 0 atom stereocenters. The van der Waals surface area contributed by atoms with Crippen LogP contribution in [0.3, 0.4) is 0 Å². The number of hydrogen-bond donors (Lipinski definition) is 1. The number of rotatable bonds is 4. The lowest BCUT2D eigenvalue weighted by atomic mass is 10.0. The molecule has 0 aliphatic rings. The van der Waals surface area contributed by atoms with Crippen molar-refractivity contribution in [1.82, 2.24) is 9.78 Å². The molecule has 0 unspecified atom stereocenters. The first-order valence-electron chi connectivity index (χ1n) is 7.21. The van der Waals surface area contributed by atoms with Crippen LogP contribution in [0.15, 0.2) is 23.0 Å². The van der Waals surface area contributed by atoms with Crippen molar-refractivity contribution >= 4 is 29.3 Å². The molecule has 0 radical (unpaired) electrons. The molecule has 0 spiro atoms. The van der Waals surface area contributed by atoms with Gasteiger partial charge in [0.05, 0.1) is 5.69 Å². The Balaban J connectivity index is 2.42. The first kappa shape index (κ1) is 18.3. The summed E-state index contributed by atoms with van der Waals surface area (Å²) in [7, 11) is 1.60. The fourth-order valence-electron chi connectivity index (χ4n) is 2.30. The number of nitrogens with two attached hydrogens (primary N) is 1. The number of carbonyl (C=O) groups excluding carboxylic acids is 1. The molecule has 0 saturated carbocycles. The number of aryl methyl sites for hydroxylation is 1. The van der Waals surface area contributed by atoms with E-state index in [0.717, 1.165) is 0 Å². The lowest BCUT2D eigenvalue weighted by molar-refractivity contribution is 0.211. The van der Waals surface area contributed by atoms with Crippen LogP contribution in [0.25, 0.3) is 0 Å². The Bertz CT molecular complexity index is 824. The van der Waals surface area contributed by atoms with Crippen LogP contribution in [0, 0.1) is 0 Å². The minimum absolute atomic E-state index is 0.0720. The van der Waals surface area contributed by atoms with Crippen LogP contribution in [0.2, 0.25) is 10.0 Å². The number of nitrogens with zero attached hydrogens (tertiary/aromatic N) is 2. The number of amides is 1. The molecule has 2 aromatic rings. The minimum Gasteiger partial charge on any atom is -0.410 e. The standard InChI is InChI=1S/C16H17Cl2N3O3/c1-8(2)11-4-9(20-21(3)15(11)22)5-12-13(17)6-10(7-14(12)18)24-16(19)23/h4,6-8H,5H2,1-3H3,(H2,19,23).